The van der Waals surface area contributed by atoms with E-state index in [-0.39, 0.29) is 28.4 Å². The number of hydrogen-bond acceptors (Lipinski definition) is 5. The molecule has 162 valence electrons. The lowest BCUT2D eigenvalue weighted by molar-refractivity contribution is -0.143. The minimum absolute atomic E-state index is 0.0811. The van der Waals surface area contributed by atoms with Crippen molar-refractivity contribution >= 4 is 21.9 Å². The number of nitrogens with zero attached hydrogens (tertiary/aromatic N) is 1. The van der Waals surface area contributed by atoms with Crippen molar-refractivity contribution < 1.29 is 22.7 Å². The molecule has 3 atom stereocenters. The van der Waals surface area contributed by atoms with Crippen LogP contribution in [0.4, 0.5) is 0 Å². The van der Waals surface area contributed by atoms with Gasteiger partial charge in [0.15, 0.2) is 6.10 Å². The maximum Gasteiger partial charge on any atom is 0.338 e. The van der Waals surface area contributed by atoms with E-state index in [9.17, 15) is 18.0 Å². The van der Waals surface area contributed by atoms with Gasteiger partial charge in [-0.3, -0.25) is 4.79 Å². The van der Waals surface area contributed by atoms with E-state index in [0.717, 1.165) is 25.7 Å². The lowest BCUT2D eigenvalue weighted by Crippen LogP contribution is -2.48. The molecule has 0 saturated carbocycles. The van der Waals surface area contributed by atoms with Crippen LogP contribution < -0.4 is 4.72 Å². The summed E-state index contributed by atoms with van der Waals surface area (Å²) in [7, 11) is -3.64. The zero-order chi connectivity index (χ0) is 21.6. The normalized spacial score (nSPS) is 19.4. The van der Waals surface area contributed by atoms with E-state index in [1.165, 1.54) is 24.3 Å². The Morgan fingerprint density at radius 2 is 1.83 bits per heavy atom. The van der Waals surface area contributed by atoms with Crippen LogP contribution >= 0.6 is 0 Å². The van der Waals surface area contributed by atoms with Crippen molar-refractivity contribution in [1.82, 2.24) is 9.62 Å². The Morgan fingerprint density at radius 3 is 2.41 bits per heavy atom. The molecule has 1 amide bonds. The van der Waals surface area contributed by atoms with E-state index >= 15 is 0 Å². The fourth-order valence-corrected chi connectivity index (χ4v) is 4.74. The van der Waals surface area contributed by atoms with E-state index in [0.29, 0.717) is 13.0 Å². The van der Waals surface area contributed by atoms with Gasteiger partial charge in [0.05, 0.1) is 10.5 Å². The van der Waals surface area contributed by atoms with Crippen molar-refractivity contribution in [3.63, 3.8) is 0 Å². The summed E-state index contributed by atoms with van der Waals surface area (Å²) >= 11 is 0. The highest BCUT2D eigenvalue weighted by atomic mass is 32.2. The molecule has 1 aliphatic heterocycles. The Labute approximate surface area is 173 Å². The molecule has 0 aromatic heterocycles. The monoisotopic (exact) mass is 424 g/mol. The number of carbonyl (C=O) groups is 2. The van der Waals surface area contributed by atoms with Crippen molar-refractivity contribution in [3.05, 3.63) is 29.8 Å². The van der Waals surface area contributed by atoms with Crippen LogP contribution in [0.5, 0.6) is 0 Å². The van der Waals surface area contributed by atoms with Gasteiger partial charge in [-0.25, -0.2) is 17.9 Å². The van der Waals surface area contributed by atoms with Gasteiger partial charge in [0.1, 0.15) is 0 Å². The molecular weight excluding hydrogens is 392 g/mol. The van der Waals surface area contributed by atoms with Crippen molar-refractivity contribution in [1.29, 1.82) is 0 Å². The maximum atomic E-state index is 12.7. The fourth-order valence-electron chi connectivity index (χ4n) is 3.41. The zero-order valence-electron chi connectivity index (χ0n) is 17.7. The average molecular weight is 425 g/mol. The van der Waals surface area contributed by atoms with Crippen LogP contribution in [0.25, 0.3) is 0 Å². The van der Waals surface area contributed by atoms with Crippen LogP contribution in [-0.2, 0) is 19.6 Å². The molecule has 29 heavy (non-hydrogen) atoms. The van der Waals surface area contributed by atoms with Crippen LogP contribution in [0.1, 0.15) is 70.2 Å². The summed E-state index contributed by atoms with van der Waals surface area (Å²) < 4.78 is 32.5. The molecule has 2 rings (SSSR count). The first-order valence-corrected chi connectivity index (χ1v) is 11.8. The van der Waals surface area contributed by atoms with E-state index in [2.05, 4.69) is 11.6 Å². The van der Waals surface area contributed by atoms with Gasteiger partial charge in [0.25, 0.3) is 5.91 Å². The zero-order valence-corrected chi connectivity index (χ0v) is 18.5. The molecule has 1 saturated heterocycles. The Morgan fingerprint density at radius 1 is 1.17 bits per heavy atom. The highest BCUT2D eigenvalue weighted by Crippen LogP contribution is 2.21. The van der Waals surface area contributed by atoms with Gasteiger partial charge < -0.3 is 9.64 Å². The van der Waals surface area contributed by atoms with E-state index in [1.54, 1.807) is 13.8 Å². The maximum absolute atomic E-state index is 12.7. The Bertz CT molecular complexity index is 807. The number of amides is 1. The first-order valence-electron chi connectivity index (χ1n) is 10.3. The van der Waals surface area contributed by atoms with Crippen molar-refractivity contribution in [2.75, 3.05) is 6.54 Å². The molecule has 0 radical (unpaired) electrons. The second-order valence-electron chi connectivity index (χ2n) is 7.59. The lowest BCUT2D eigenvalue weighted by Gasteiger charge is -2.36. The SMILES string of the molecule is CCC(C)NS(=O)(=O)c1ccc(C(=O)OC(C)C(=O)N2CCCCC2CC)cc1. The smallest absolute Gasteiger partial charge is 0.338 e. The highest BCUT2D eigenvalue weighted by Gasteiger charge is 2.30. The third-order valence-corrected chi connectivity index (χ3v) is 6.99. The minimum Gasteiger partial charge on any atom is -0.449 e. The van der Waals surface area contributed by atoms with E-state index in [1.807, 2.05) is 11.8 Å². The third kappa shape index (κ3) is 6.02. The second kappa shape index (κ2) is 10.2. The van der Waals surface area contributed by atoms with Gasteiger partial charge in [-0.2, -0.15) is 0 Å². The standard InChI is InChI=1S/C21H32N2O5S/c1-5-15(3)22-29(26,27)19-12-10-17(11-13-19)21(25)28-16(4)20(24)23-14-8-7-9-18(23)6-2/h10-13,15-16,18,22H,5-9,14H2,1-4H3. The molecule has 0 spiro atoms. The molecule has 1 heterocycles. The summed E-state index contributed by atoms with van der Waals surface area (Å²) in [6.45, 7) is 8.00. The summed E-state index contributed by atoms with van der Waals surface area (Å²) in [5, 5.41) is 0. The molecule has 7 nitrogen and oxygen atoms in total. The van der Waals surface area contributed by atoms with Crippen LogP contribution in [-0.4, -0.2) is 49.9 Å². The number of rotatable bonds is 8. The number of sulfonamides is 1. The number of carbonyl (C=O) groups excluding carboxylic acids is 2. The number of likely N-dealkylation sites (tertiary alicyclic amines) is 1. The van der Waals surface area contributed by atoms with Crippen molar-refractivity contribution in [2.45, 2.75) is 82.9 Å². The third-order valence-electron chi connectivity index (χ3n) is 5.38. The lowest BCUT2D eigenvalue weighted by atomic mass is 9.99. The number of benzene rings is 1. The van der Waals surface area contributed by atoms with Gasteiger partial charge >= 0.3 is 5.97 Å². The molecule has 3 unspecified atom stereocenters. The number of ether oxygens (including phenoxy) is 1. The number of esters is 1. The molecule has 1 aromatic rings. The summed E-state index contributed by atoms with van der Waals surface area (Å²) in [6.07, 6.45) is 3.72. The second-order valence-corrected chi connectivity index (χ2v) is 9.31. The Kier molecular flexibility index (Phi) is 8.22. The Hall–Kier alpha value is -1.93. The van der Waals surface area contributed by atoms with Gasteiger partial charge in [-0.15, -0.1) is 0 Å². The first kappa shape index (κ1) is 23.3. The number of hydrogen-bond donors (Lipinski definition) is 1. The summed E-state index contributed by atoms with van der Waals surface area (Å²) in [4.78, 5) is 27.0. The van der Waals surface area contributed by atoms with Crippen molar-refractivity contribution in [3.8, 4) is 0 Å². The van der Waals surface area contributed by atoms with Gasteiger partial charge in [-0.1, -0.05) is 13.8 Å². The van der Waals surface area contributed by atoms with Crippen molar-refractivity contribution in [2.24, 2.45) is 0 Å². The van der Waals surface area contributed by atoms with Gasteiger partial charge in [-0.05, 0) is 70.2 Å². The van der Waals surface area contributed by atoms with Crippen LogP contribution in [0.3, 0.4) is 0 Å². The van der Waals surface area contributed by atoms with E-state index in [4.69, 9.17) is 4.74 Å². The molecule has 1 N–H and O–H groups in total. The van der Waals surface area contributed by atoms with Crippen LogP contribution in [0.15, 0.2) is 29.2 Å². The molecule has 1 fully saturated rings. The summed E-state index contributed by atoms with van der Waals surface area (Å²) in [6, 6.07) is 5.55. The summed E-state index contributed by atoms with van der Waals surface area (Å²) in [5.74, 6) is -0.823. The van der Waals surface area contributed by atoms with Gasteiger partial charge in [0.2, 0.25) is 10.0 Å². The summed E-state index contributed by atoms with van der Waals surface area (Å²) in [5.41, 5.74) is 0.206. The first-order chi connectivity index (χ1) is 13.7. The van der Waals surface area contributed by atoms with Gasteiger partial charge in [0, 0.05) is 18.6 Å². The molecular formula is C21H32N2O5S. The minimum atomic E-state index is -3.64. The highest BCUT2D eigenvalue weighted by molar-refractivity contribution is 7.89. The van der Waals surface area contributed by atoms with Crippen LogP contribution in [0, 0.1) is 0 Å². The molecule has 0 aliphatic carbocycles. The molecule has 0 bridgehead atoms. The average Bonchev–Trinajstić information content (AvgIpc) is 2.72. The topological polar surface area (TPSA) is 92.8 Å². The Balaban J connectivity index is 2.02. The quantitative estimate of drug-likeness (QED) is 0.647. The molecule has 1 aromatic carbocycles. The molecule has 1 aliphatic rings. The number of nitrogens with one attached hydrogen (secondary N) is 1. The van der Waals surface area contributed by atoms with E-state index < -0.39 is 22.1 Å². The predicted molar refractivity (Wildman–Crippen MR) is 111 cm³/mol. The largest absolute Gasteiger partial charge is 0.449 e. The predicted octanol–water partition coefficient (Wildman–Crippen LogP) is 3.10. The van der Waals surface area contributed by atoms with Crippen LogP contribution in [0.2, 0.25) is 0 Å². The molecule has 8 heteroatoms. The number of piperidine rings is 1. The fraction of sp³-hybridized carbons (Fsp3) is 0.619.